The second-order valence-corrected chi connectivity index (χ2v) is 4.29. The topological polar surface area (TPSA) is 28.2 Å². The number of terminal acetylenes is 1. The van der Waals surface area contributed by atoms with E-state index in [1.165, 1.54) is 0 Å². The minimum absolute atomic E-state index is 0.618. The second kappa shape index (κ2) is 8.54. The Kier molecular flexibility index (Phi) is 6.90. The molecule has 1 rings (SSSR count). The van der Waals surface area contributed by atoms with Gasteiger partial charge >= 0.3 is 0 Å². The summed E-state index contributed by atoms with van der Waals surface area (Å²) >= 11 is 0. The van der Waals surface area contributed by atoms with Crippen LogP contribution in [-0.2, 0) is 6.54 Å². The fourth-order valence-corrected chi connectivity index (χ4v) is 1.79. The molecule has 0 aliphatic rings. The van der Waals surface area contributed by atoms with Crippen LogP contribution in [0.2, 0.25) is 0 Å². The summed E-state index contributed by atoms with van der Waals surface area (Å²) in [4.78, 5) is 6.79. The number of hydrogen-bond donors (Lipinski definition) is 1. The van der Waals surface area contributed by atoms with Crippen molar-refractivity contribution in [2.75, 3.05) is 24.5 Å². The number of nitrogens with zero attached hydrogens (tertiary/aromatic N) is 2. The third-order valence-corrected chi connectivity index (χ3v) is 2.62. The fraction of sp³-hybridized carbons (Fsp3) is 0.533. The van der Waals surface area contributed by atoms with Crippen LogP contribution < -0.4 is 10.2 Å². The largest absolute Gasteiger partial charge is 0.345 e. The van der Waals surface area contributed by atoms with Gasteiger partial charge in [0.15, 0.2) is 0 Å². The van der Waals surface area contributed by atoms with Gasteiger partial charge < -0.3 is 10.2 Å². The zero-order chi connectivity index (χ0) is 13.2. The molecule has 0 bridgehead atoms. The molecule has 0 unspecified atom stereocenters. The lowest BCUT2D eigenvalue weighted by molar-refractivity contribution is 0.663. The highest BCUT2D eigenvalue weighted by atomic mass is 15.2. The minimum atomic E-state index is 0.618. The molecule has 0 aromatic carbocycles. The molecule has 3 nitrogen and oxygen atoms in total. The molecule has 18 heavy (non-hydrogen) atoms. The summed E-state index contributed by atoms with van der Waals surface area (Å²) < 4.78 is 0. The molecular formula is C15H23N3. The van der Waals surface area contributed by atoms with Crippen molar-refractivity contribution < 1.29 is 0 Å². The molecular weight excluding hydrogens is 222 g/mol. The number of nitrogens with one attached hydrogen (secondary N) is 1. The fourth-order valence-electron chi connectivity index (χ4n) is 1.79. The van der Waals surface area contributed by atoms with E-state index in [1.807, 2.05) is 18.2 Å². The van der Waals surface area contributed by atoms with Crippen LogP contribution in [0.5, 0.6) is 0 Å². The summed E-state index contributed by atoms with van der Waals surface area (Å²) in [6, 6.07) is 6.12. The average Bonchev–Trinajstić information content (AvgIpc) is 2.39. The van der Waals surface area contributed by atoms with Crippen molar-refractivity contribution in [1.29, 1.82) is 0 Å². The number of pyridine rings is 1. The van der Waals surface area contributed by atoms with E-state index >= 15 is 0 Å². The monoisotopic (exact) mass is 245 g/mol. The standard InChI is InChI=1S/C15H23N3/c1-4-10-16-13-14-8-7-9-15(17-14)18(11-5-2)12-6-3/h2,7-9,16H,4,6,10-13H2,1,3H3. The Hall–Kier alpha value is -1.53. The summed E-state index contributed by atoms with van der Waals surface area (Å²) in [7, 11) is 0. The van der Waals surface area contributed by atoms with Crippen molar-refractivity contribution in [3.05, 3.63) is 23.9 Å². The van der Waals surface area contributed by atoms with Gasteiger partial charge in [-0.2, -0.15) is 0 Å². The zero-order valence-electron chi connectivity index (χ0n) is 11.4. The summed E-state index contributed by atoms with van der Waals surface area (Å²) in [5.74, 6) is 3.67. The molecule has 0 saturated heterocycles. The normalized spacial score (nSPS) is 10.1. The van der Waals surface area contributed by atoms with Crippen LogP contribution in [0.3, 0.4) is 0 Å². The van der Waals surface area contributed by atoms with E-state index in [-0.39, 0.29) is 0 Å². The van der Waals surface area contributed by atoms with E-state index < -0.39 is 0 Å². The first-order valence-electron chi connectivity index (χ1n) is 6.66. The molecule has 1 heterocycles. The molecule has 0 radical (unpaired) electrons. The quantitative estimate of drug-likeness (QED) is 0.563. The molecule has 1 aromatic heterocycles. The van der Waals surface area contributed by atoms with Crippen LogP contribution in [0.4, 0.5) is 5.82 Å². The Morgan fingerprint density at radius 2 is 2.17 bits per heavy atom. The van der Waals surface area contributed by atoms with E-state index in [1.54, 1.807) is 0 Å². The van der Waals surface area contributed by atoms with Crippen molar-refractivity contribution in [2.24, 2.45) is 0 Å². The summed E-state index contributed by atoms with van der Waals surface area (Å²) in [5.41, 5.74) is 1.07. The number of anilines is 1. The van der Waals surface area contributed by atoms with Crippen LogP contribution in [0, 0.1) is 12.3 Å². The maximum Gasteiger partial charge on any atom is 0.129 e. The number of rotatable bonds is 8. The molecule has 0 aliphatic heterocycles. The highest BCUT2D eigenvalue weighted by Crippen LogP contribution is 2.11. The van der Waals surface area contributed by atoms with Gasteiger partial charge in [-0.05, 0) is 31.5 Å². The molecule has 1 aromatic rings. The van der Waals surface area contributed by atoms with Gasteiger partial charge in [0.25, 0.3) is 0 Å². The van der Waals surface area contributed by atoms with Gasteiger partial charge in [0.1, 0.15) is 5.82 Å². The maximum atomic E-state index is 5.40. The first-order valence-corrected chi connectivity index (χ1v) is 6.66. The van der Waals surface area contributed by atoms with Crippen molar-refractivity contribution in [3.8, 4) is 12.3 Å². The van der Waals surface area contributed by atoms with Crippen molar-refractivity contribution >= 4 is 5.82 Å². The van der Waals surface area contributed by atoms with Crippen LogP contribution in [0.25, 0.3) is 0 Å². The minimum Gasteiger partial charge on any atom is -0.345 e. The average molecular weight is 245 g/mol. The Labute approximate surface area is 111 Å². The number of aromatic nitrogens is 1. The Morgan fingerprint density at radius 3 is 2.83 bits per heavy atom. The summed E-state index contributed by atoms with van der Waals surface area (Å²) in [6.45, 7) is 7.71. The van der Waals surface area contributed by atoms with Gasteiger partial charge in [0.2, 0.25) is 0 Å². The molecule has 0 spiro atoms. The van der Waals surface area contributed by atoms with Crippen LogP contribution in [0.15, 0.2) is 18.2 Å². The van der Waals surface area contributed by atoms with Crippen molar-refractivity contribution in [2.45, 2.75) is 33.2 Å². The third-order valence-electron chi connectivity index (χ3n) is 2.62. The lowest BCUT2D eigenvalue weighted by atomic mass is 10.3. The lowest BCUT2D eigenvalue weighted by Crippen LogP contribution is -2.26. The molecule has 0 amide bonds. The predicted octanol–water partition coefficient (Wildman–Crippen LogP) is 2.43. The number of hydrogen-bond acceptors (Lipinski definition) is 3. The SMILES string of the molecule is C#CCN(CCC)c1cccc(CNCCC)n1. The summed E-state index contributed by atoms with van der Waals surface area (Å²) in [5, 5.41) is 3.36. The van der Waals surface area contributed by atoms with Gasteiger partial charge in [-0.1, -0.05) is 25.8 Å². The van der Waals surface area contributed by atoms with Crippen LogP contribution in [0.1, 0.15) is 32.4 Å². The zero-order valence-corrected chi connectivity index (χ0v) is 11.4. The first kappa shape index (κ1) is 14.5. The van der Waals surface area contributed by atoms with Gasteiger partial charge in [-0.25, -0.2) is 4.98 Å². The van der Waals surface area contributed by atoms with E-state index in [0.717, 1.165) is 44.0 Å². The molecule has 1 N–H and O–H groups in total. The van der Waals surface area contributed by atoms with Crippen molar-refractivity contribution in [1.82, 2.24) is 10.3 Å². The predicted molar refractivity (Wildman–Crippen MR) is 77.6 cm³/mol. The first-order chi connectivity index (χ1) is 8.81. The molecule has 98 valence electrons. The molecule has 0 aliphatic carbocycles. The van der Waals surface area contributed by atoms with Crippen molar-refractivity contribution in [3.63, 3.8) is 0 Å². The highest BCUT2D eigenvalue weighted by molar-refractivity contribution is 5.40. The van der Waals surface area contributed by atoms with E-state index in [9.17, 15) is 0 Å². The lowest BCUT2D eigenvalue weighted by Gasteiger charge is -2.21. The maximum absolute atomic E-state index is 5.40. The smallest absolute Gasteiger partial charge is 0.129 e. The van der Waals surface area contributed by atoms with E-state index in [0.29, 0.717) is 6.54 Å². The molecule has 0 atom stereocenters. The molecule has 3 heteroatoms. The van der Waals surface area contributed by atoms with Gasteiger partial charge in [0, 0.05) is 13.1 Å². The van der Waals surface area contributed by atoms with E-state index in [4.69, 9.17) is 6.42 Å². The van der Waals surface area contributed by atoms with Crippen LogP contribution >= 0.6 is 0 Å². The van der Waals surface area contributed by atoms with Gasteiger partial charge in [-0.15, -0.1) is 6.42 Å². The Balaban J connectivity index is 2.69. The van der Waals surface area contributed by atoms with Gasteiger partial charge in [0.05, 0.1) is 12.2 Å². The van der Waals surface area contributed by atoms with Gasteiger partial charge in [-0.3, -0.25) is 0 Å². The highest BCUT2D eigenvalue weighted by Gasteiger charge is 2.06. The second-order valence-electron chi connectivity index (χ2n) is 4.29. The Bertz CT molecular complexity index is 382. The van der Waals surface area contributed by atoms with E-state index in [2.05, 4.69) is 35.0 Å². The third kappa shape index (κ3) is 4.77. The summed E-state index contributed by atoms with van der Waals surface area (Å²) in [6.07, 6.45) is 7.61. The molecule has 0 fully saturated rings. The Morgan fingerprint density at radius 1 is 1.33 bits per heavy atom. The van der Waals surface area contributed by atoms with Crippen LogP contribution in [-0.4, -0.2) is 24.6 Å². The molecule has 0 saturated carbocycles.